The molecule has 23 heavy (non-hydrogen) atoms. The largest absolute Gasteiger partial charge is 0.379 e. The zero-order valence-corrected chi connectivity index (χ0v) is 17.4. The second-order valence-electron chi connectivity index (χ2n) is 4.27. The van der Waals surface area contributed by atoms with Crippen LogP contribution >= 0.6 is 45.2 Å². The van der Waals surface area contributed by atoms with Gasteiger partial charge in [-0.1, -0.05) is 0 Å². The van der Waals surface area contributed by atoms with Gasteiger partial charge in [-0.05, 0) is 45.2 Å². The van der Waals surface area contributed by atoms with E-state index >= 15 is 0 Å². The van der Waals surface area contributed by atoms with Gasteiger partial charge in [-0.2, -0.15) is 0 Å². The summed E-state index contributed by atoms with van der Waals surface area (Å²) in [4.78, 5) is 21.3. The van der Waals surface area contributed by atoms with Gasteiger partial charge in [0, 0.05) is 12.8 Å². The standard InChI is InChI=1S/C14H24I2O7/c15-13(17)1-3-19-5-7-21-9-11-23-12-10-22-8-6-20-4-2-14(16)18/h1-12H2. The molecule has 0 aromatic rings. The molecule has 0 aromatic carbocycles. The number of carbonyl (C=O) groups is 2. The van der Waals surface area contributed by atoms with E-state index in [2.05, 4.69) is 0 Å². The Kier molecular flexibility index (Phi) is 19.4. The zero-order valence-electron chi connectivity index (χ0n) is 13.1. The summed E-state index contributed by atoms with van der Waals surface area (Å²) in [5, 5.41) is 0. The minimum Gasteiger partial charge on any atom is -0.379 e. The molecule has 0 fully saturated rings. The predicted octanol–water partition coefficient (Wildman–Crippen LogP) is 1.77. The van der Waals surface area contributed by atoms with Crippen LogP contribution in [-0.2, 0) is 33.3 Å². The maximum atomic E-state index is 10.6. The highest BCUT2D eigenvalue weighted by atomic mass is 127. The molecule has 0 unspecified atom stereocenters. The van der Waals surface area contributed by atoms with Crippen molar-refractivity contribution in [3.63, 3.8) is 0 Å². The first-order chi connectivity index (χ1) is 11.1. The summed E-state index contributed by atoms with van der Waals surface area (Å²) in [6.07, 6.45) is 0.871. The normalized spacial score (nSPS) is 10.9. The lowest BCUT2D eigenvalue weighted by atomic mass is 10.5. The highest BCUT2D eigenvalue weighted by Crippen LogP contribution is 1.93. The summed E-state index contributed by atoms with van der Waals surface area (Å²) >= 11 is 3.50. The van der Waals surface area contributed by atoms with Crippen LogP contribution in [0.3, 0.4) is 0 Å². The van der Waals surface area contributed by atoms with Crippen molar-refractivity contribution < 1.29 is 33.3 Å². The third-order valence-corrected chi connectivity index (χ3v) is 3.45. The van der Waals surface area contributed by atoms with Crippen LogP contribution in [0, 0.1) is 0 Å². The summed E-state index contributed by atoms with van der Waals surface area (Å²) in [6, 6.07) is 0. The highest BCUT2D eigenvalue weighted by molar-refractivity contribution is 14.1. The molecular weight excluding hydrogens is 534 g/mol. The highest BCUT2D eigenvalue weighted by Gasteiger charge is 1.97. The smallest absolute Gasteiger partial charge is 0.194 e. The van der Waals surface area contributed by atoms with Gasteiger partial charge >= 0.3 is 0 Å². The van der Waals surface area contributed by atoms with Gasteiger partial charge in [0.1, 0.15) is 0 Å². The lowest BCUT2D eigenvalue weighted by Gasteiger charge is -2.07. The Morgan fingerprint density at radius 1 is 0.478 bits per heavy atom. The second-order valence-corrected chi connectivity index (χ2v) is 6.68. The number of ether oxygens (including phenoxy) is 5. The van der Waals surface area contributed by atoms with Crippen LogP contribution in [0.4, 0.5) is 0 Å². The van der Waals surface area contributed by atoms with Crippen LogP contribution in [0.5, 0.6) is 0 Å². The molecular formula is C14H24I2O7. The second kappa shape index (κ2) is 18.9. The molecule has 136 valence electrons. The Balaban J connectivity index is 3.00. The molecule has 0 aliphatic rings. The van der Waals surface area contributed by atoms with Crippen molar-refractivity contribution in [3.8, 4) is 0 Å². The summed E-state index contributed by atoms with van der Waals surface area (Å²) in [7, 11) is 0. The van der Waals surface area contributed by atoms with Gasteiger partial charge in [0.2, 0.25) is 0 Å². The van der Waals surface area contributed by atoms with Crippen LogP contribution in [0.25, 0.3) is 0 Å². The quantitative estimate of drug-likeness (QED) is 0.144. The van der Waals surface area contributed by atoms with Crippen LogP contribution in [-0.4, -0.2) is 73.6 Å². The van der Waals surface area contributed by atoms with E-state index in [-0.39, 0.29) is 7.58 Å². The minimum absolute atomic E-state index is 0.0986. The first-order valence-corrected chi connectivity index (χ1v) is 9.54. The summed E-state index contributed by atoms with van der Waals surface area (Å²) in [5.74, 6) is 0. The van der Waals surface area contributed by atoms with E-state index in [1.807, 2.05) is 0 Å². The molecule has 0 aliphatic heterocycles. The summed E-state index contributed by atoms with van der Waals surface area (Å²) < 4.78 is 26.6. The maximum absolute atomic E-state index is 10.6. The molecule has 0 bridgehead atoms. The first-order valence-electron chi connectivity index (χ1n) is 7.38. The van der Waals surface area contributed by atoms with Crippen LogP contribution in [0.1, 0.15) is 12.8 Å². The molecule has 0 amide bonds. The fraction of sp³-hybridized carbons (Fsp3) is 0.857. The van der Waals surface area contributed by atoms with Crippen molar-refractivity contribution in [3.05, 3.63) is 0 Å². The van der Waals surface area contributed by atoms with Crippen LogP contribution in [0.2, 0.25) is 0 Å². The first kappa shape index (κ1) is 23.6. The third kappa shape index (κ3) is 22.6. The van der Waals surface area contributed by atoms with Crippen molar-refractivity contribution >= 4 is 52.8 Å². The number of halogens is 2. The molecule has 0 aromatic heterocycles. The molecule has 0 radical (unpaired) electrons. The third-order valence-electron chi connectivity index (χ3n) is 2.37. The molecule has 7 nitrogen and oxygen atoms in total. The van der Waals surface area contributed by atoms with Crippen LogP contribution < -0.4 is 0 Å². The Labute approximate surface area is 164 Å². The SMILES string of the molecule is O=C(I)CCOCCOCCOCCOCCOCCC(=O)I. The van der Waals surface area contributed by atoms with Gasteiger partial charge in [0.15, 0.2) is 7.58 Å². The maximum Gasteiger partial charge on any atom is 0.194 e. The summed E-state index contributed by atoms with van der Waals surface area (Å²) in [5.41, 5.74) is 0. The van der Waals surface area contributed by atoms with Gasteiger partial charge in [0.05, 0.1) is 66.1 Å². The number of hydrogen-bond donors (Lipinski definition) is 0. The molecule has 0 heterocycles. The van der Waals surface area contributed by atoms with E-state index in [4.69, 9.17) is 23.7 Å². The van der Waals surface area contributed by atoms with Crippen molar-refractivity contribution in [1.29, 1.82) is 0 Å². The average molecular weight is 558 g/mol. The minimum atomic E-state index is 0.0986. The molecule has 9 heteroatoms. The Morgan fingerprint density at radius 3 is 0.913 bits per heavy atom. The van der Waals surface area contributed by atoms with Gasteiger partial charge in [-0.3, -0.25) is 9.59 Å². The Hall–Kier alpha value is 0.600. The van der Waals surface area contributed by atoms with E-state index in [1.54, 1.807) is 45.2 Å². The topological polar surface area (TPSA) is 80.3 Å². The Bertz CT molecular complexity index is 275. The molecule has 0 atom stereocenters. The molecule has 0 saturated heterocycles. The number of hydrogen-bond acceptors (Lipinski definition) is 7. The van der Waals surface area contributed by atoms with E-state index in [9.17, 15) is 9.59 Å². The van der Waals surface area contributed by atoms with E-state index in [0.29, 0.717) is 78.9 Å². The van der Waals surface area contributed by atoms with Crippen molar-refractivity contribution in [2.24, 2.45) is 0 Å². The molecule has 0 aliphatic carbocycles. The van der Waals surface area contributed by atoms with Gasteiger partial charge in [-0.25, -0.2) is 0 Å². The predicted molar refractivity (Wildman–Crippen MR) is 101 cm³/mol. The van der Waals surface area contributed by atoms with Crippen molar-refractivity contribution in [1.82, 2.24) is 0 Å². The van der Waals surface area contributed by atoms with E-state index in [1.165, 1.54) is 0 Å². The zero-order chi connectivity index (χ0) is 17.2. The average Bonchev–Trinajstić information content (AvgIpc) is 2.49. The summed E-state index contributed by atoms with van der Waals surface area (Å²) in [6.45, 7) is 4.84. The fourth-order valence-electron chi connectivity index (χ4n) is 1.29. The fourth-order valence-corrected chi connectivity index (χ4v) is 1.73. The number of carbonyl (C=O) groups excluding carboxylic acids is 2. The van der Waals surface area contributed by atoms with Gasteiger partial charge < -0.3 is 23.7 Å². The van der Waals surface area contributed by atoms with Crippen molar-refractivity contribution in [2.75, 3.05) is 66.1 Å². The van der Waals surface area contributed by atoms with Crippen molar-refractivity contribution in [2.45, 2.75) is 12.8 Å². The van der Waals surface area contributed by atoms with E-state index in [0.717, 1.165) is 0 Å². The molecule has 0 saturated carbocycles. The molecule has 0 rings (SSSR count). The Morgan fingerprint density at radius 2 is 0.696 bits per heavy atom. The van der Waals surface area contributed by atoms with Gasteiger partial charge in [-0.15, -0.1) is 0 Å². The van der Waals surface area contributed by atoms with Gasteiger partial charge in [0.25, 0.3) is 0 Å². The lowest BCUT2D eigenvalue weighted by Crippen LogP contribution is -2.13. The monoisotopic (exact) mass is 558 g/mol. The van der Waals surface area contributed by atoms with E-state index < -0.39 is 0 Å². The van der Waals surface area contributed by atoms with Crippen LogP contribution in [0.15, 0.2) is 0 Å². The lowest BCUT2D eigenvalue weighted by molar-refractivity contribution is -0.111. The number of rotatable bonds is 18. The molecule has 0 N–H and O–H groups in total. The molecule has 0 spiro atoms.